The minimum absolute atomic E-state index is 1.43. The molecule has 0 spiro atoms. The van der Waals surface area contributed by atoms with Crippen LogP contribution in [0, 0.1) is 0 Å². The van der Waals surface area contributed by atoms with Gasteiger partial charge in [0.2, 0.25) is 0 Å². The maximum absolute atomic E-state index is 1.88. The van der Waals surface area contributed by atoms with Crippen LogP contribution in [0.2, 0.25) is 10.4 Å². The first-order valence-corrected chi connectivity index (χ1v) is 7.24. The fourth-order valence-electron chi connectivity index (χ4n) is 0.819. The molecule has 0 rings (SSSR count). The fraction of sp³-hybridized carbons (Fsp3) is 1.00. The summed E-state index contributed by atoms with van der Waals surface area (Å²) in [7, 11) is 0. The van der Waals surface area contributed by atoms with Crippen molar-refractivity contribution in [3.05, 3.63) is 0 Å². The van der Waals surface area contributed by atoms with Crippen molar-refractivity contribution >= 4 is 33.7 Å². The van der Waals surface area contributed by atoms with Gasteiger partial charge >= 0.3 is 76.2 Å². The van der Waals surface area contributed by atoms with Crippen molar-refractivity contribution in [1.29, 1.82) is 0 Å². The maximum atomic E-state index is 1.88. The van der Waals surface area contributed by atoms with Crippen molar-refractivity contribution in [3.63, 3.8) is 0 Å². The van der Waals surface area contributed by atoms with Crippen LogP contribution in [0.1, 0.15) is 32.1 Å². The Kier molecular flexibility index (Phi) is 10.2. The van der Waals surface area contributed by atoms with E-state index in [0.717, 1.165) is 0 Å². The topological polar surface area (TPSA) is 0 Å². The zero-order valence-electron chi connectivity index (χ0n) is 6.10. The monoisotopic (exact) mass is 252 g/mol. The second-order valence-corrected chi connectivity index (χ2v) is 4.77. The second kappa shape index (κ2) is 9.12. The second-order valence-electron chi connectivity index (χ2n) is 2.35. The SMILES string of the molecule is [AsH2]CCCCCCC[AsH2]. The summed E-state index contributed by atoms with van der Waals surface area (Å²) < 4.78 is 0. The minimum atomic E-state index is 1.43. The standard InChI is InChI=1S/C7H18As2/c8-6-4-2-1-3-5-7-9/h1-9H2. The summed E-state index contributed by atoms with van der Waals surface area (Å²) in [6.45, 7) is 0. The van der Waals surface area contributed by atoms with E-state index in [9.17, 15) is 0 Å². The summed E-state index contributed by atoms with van der Waals surface area (Å²) in [5, 5.41) is 2.87. The zero-order valence-corrected chi connectivity index (χ0v) is 10.9. The molecule has 0 N–H and O–H groups in total. The van der Waals surface area contributed by atoms with Gasteiger partial charge < -0.3 is 0 Å². The molecule has 0 heterocycles. The molecule has 0 radical (unpaired) electrons. The van der Waals surface area contributed by atoms with Crippen LogP contribution >= 0.6 is 0 Å². The molecule has 0 bridgehead atoms. The summed E-state index contributed by atoms with van der Waals surface area (Å²) in [4.78, 5) is 0. The van der Waals surface area contributed by atoms with E-state index >= 15 is 0 Å². The molecule has 0 aromatic carbocycles. The van der Waals surface area contributed by atoms with Gasteiger partial charge in [-0.25, -0.2) is 0 Å². The van der Waals surface area contributed by atoms with Gasteiger partial charge in [-0.15, -0.1) is 0 Å². The predicted octanol–water partition coefficient (Wildman–Crippen LogP) is 1.04. The number of rotatable bonds is 6. The molecule has 56 valence electrons. The van der Waals surface area contributed by atoms with Crippen molar-refractivity contribution in [3.8, 4) is 0 Å². The Balaban J connectivity index is 2.60. The Bertz CT molecular complexity index is 40.2. The van der Waals surface area contributed by atoms with Gasteiger partial charge in [-0.3, -0.25) is 0 Å². The van der Waals surface area contributed by atoms with E-state index in [1.807, 2.05) is 33.7 Å². The third-order valence-corrected chi connectivity index (χ3v) is 3.12. The van der Waals surface area contributed by atoms with Crippen molar-refractivity contribution in [2.24, 2.45) is 0 Å². The molecular formula is C7H18As2. The van der Waals surface area contributed by atoms with E-state index < -0.39 is 0 Å². The molecule has 0 fully saturated rings. The van der Waals surface area contributed by atoms with E-state index in [0.29, 0.717) is 0 Å². The predicted molar refractivity (Wildman–Crippen MR) is 49.8 cm³/mol. The van der Waals surface area contributed by atoms with Crippen LogP contribution in [-0.2, 0) is 0 Å². The van der Waals surface area contributed by atoms with Crippen LogP contribution in [0.5, 0.6) is 0 Å². The molecule has 0 aromatic rings. The van der Waals surface area contributed by atoms with E-state index in [1.165, 1.54) is 42.5 Å². The summed E-state index contributed by atoms with van der Waals surface area (Å²) in [5.41, 5.74) is 0. The number of hydrogen-bond donors (Lipinski definition) is 0. The van der Waals surface area contributed by atoms with E-state index in [-0.39, 0.29) is 0 Å². The first-order chi connectivity index (χ1) is 4.41. The first-order valence-electron chi connectivity index (χ1n) is 3.82. The van der Waals surface area contributed by atoms with E-state index in [1.54, 1.807) is 0 Å². The van der Waals surface area contributed by atoms with Gasteiger partial charge in [0.25, 0.3) is 0 Å². The quantitative estimate of drug-likeness (QED) is 0.489. The van der Waals surface area contributed by atoms with Gasteiger partial charge in [-0.2, -0.15) is 0 Å². The van der Waals surface area contributed by atoms with Crippen LogP contribution in [0.25, 0.3) is 0 Å². The molecule has 2 atom stereocenters. The molecule has 0 aliphatic carbocycles. The third kappa shape index (κ3) is 9.12. The van der Waals surface area contributed by atoms with Crippen molar-refractivity contribution < 1.29 is 0 Å². The molecule has 0 amide bonds. The molecule has 9 heavy (non-hydrogen) atoms. The van der Waals surface area contributed by atoms with Crippen molar-refractivity contribution in [1.82, 2.24) is 0 Å². The van der Waals surface area contributed by atoms with Crippen LogP contribution in [0.15, 0.2) is 0 Å². The van der Waals surface area contributed by atoms with Gasteiger partial charge in [0.15, 0.2) is 0 Å². The summed E-state index contributed by atoms with van der Waals surface area (Å²) in [6.07, 6.45) is 7.37. The molecule has 2 unspecified atom stereocenters. The van der Waals surface area contributed by atoms with Gasteiger partial charge in [0.05, 0.1) is 0 Å². The summed E-state index contributed by atoms with van der Waals surface area (Å²) >= 11 is 3.76. The van der Waals surface area contributed by atoms with Crippen LogP contribution in [0.4, 0.5) is 0 Å². The Labute approximate surface area is 76.2 Å². The van der Waals surface area contributed by atoms with E-state index in [4.69, 9.17) is 0 Å². The summed E-state index contributed by atoms with van der Waals surface area (Å²) in [5.74, 6) is 0. The molecule has 0 aliphatic rings. The molecule has 0 aromatic heterocycles. The third-order valence-electron chi connectivity index (χ3n) is 1.41. The van der Waals surface area contributed by atoms with Crippen LogP contribution in [0.3, 0.4) is 0 Å². The molecular weight excluding hydrogens is 234 g/mol. The average Bonchev–Trinajstić information content (AvgIpc) is 1.89. The number of unbranched alkanes of at least 4 members (excludes halogenated alkanes) is 4. The molecule has 0 aliphatic heterocycles. The molecule has 0 saturated heterocycles. The van der Waals surface area contributed by atoms with E-state index in [2.05, 4.69) is 0 Å². The van der Waals surface area contributed by atoms with Gasteiger partial charge in [0.1, 0.15) is 0 Å². The Morgan fingerprint density at radius 3 is 1.22 bits per heavy atom. The van der Waals surface area contributed by atoms with Gasteiger partial charge in [-0.05, 0) is 0 Å². The first kappa shape index (κ1) is 10.1. The Morgan fingerprint density at radius 1 is 0.556 bits per heavy atom. The van der Waals surface area contributed by atoms with Gasteiger partial charge in [-0.1, -0.05) is 0 Å². The van der Waals surface area contributed by atoms with Gasteiger partial charge in [0, 0.05) is 0 Å². The van der Waals surface area contributed by atoms with Crippen LogP contribution < -0.4 is 0 Å². The molecule has 0 nitrogen and oxygen atoms in total. The molecule has 0 saturated carbocycles. The Morgan fingerprint density at radius 2 is 0.889 bits per heavy atom. The normalized spacial score (nSPS) is 10.0. The average molecular weight is 252 g/mol. The summed E-state index contributed by atoms with van der Waals surface area (Å²) in [6, 6.07) is 0. The fourth-order valence-corrected chi connectivity index (χ4v) is 2.03. The Hall–Kier alpha value is 1.12. The number of hydrogen-bond acceptors (Lipinski definition) is 0. The van der Waals surface area contributed by atoms with Crippen molar-refractivity contribution in [2.75, 3.05) is 0 Å². The molecule has 2 heteroatoms. The van der Waals surface area contributed by atoms with Crippen molar-refractivity contribution in [2.45, 2.75) is 42.5 Å². The van der Waals surface area contributed by atoms with Crippen LogP contribution in [-0.4, -0.2) is 33.7 Å². The zero-order chi connectivity index (χ0) is 6.95.